The molecule has 0 fully saturated rings. The van der Waals surface area contributed by atoms with Crippen molar-refractivity contribution >= 4 is 17.7 Å². The lowest BCUT2D eigenvalue weighted by Crippen LogP contribution is -2.31. The highest BCUT2D eigenvalue weighted by molar-refractivity contribution is 5.77. The molecule has 0 aliphatic carbocycles. The Morgan fingerprint density at radius 1 is 0.538 bits per heavy atom. The molecule has 0 aromatic heterocycles. The normalized spacial score (nSPS) is 10.0. The van der Waals surface area contributed by atoms with Gasteiger partial charge in [-0.2, -0.15) is 0 Å². The number of aliphatic hydroxyl groups is 1. The maximum atomic E-state index is 11.6. The van der Waals surface area contributed by atoms with Gasteiger partial charge < -0.3 is 40.0 Å². The zero-order valence-electron chi connectivity index (χ0n) is 25.4. The molecule has 11 heteroatoms. The van der Waals surface area contributed by atoms with Crippen molar-refractivity contribution in [3.05, 3.63) is 0 Å². The van der Waals surface area contributed by atoms with Crippen LogP contribution in [0.4, 0.5) is 0 Å². The van der Waals surface area contributed by atoms with Crippen molar-refractivity contribution in [2.24, 2.45) is 0 Å². The summed E-state index contributed by atoms with van der Waals surface area (Å²) in [5.41, 5.74) is 0. The second-order valence-corrected chi connectivity index (χ2v) is 8.22. The van der Waals surface area contributed by atoms with Gasteiger partial charge in [0.1, 0.15) is 13.2 Å². The summed E-state index contributed by atoms with van der Waals surface area (Å²) in [6.45, 7) is 14.0. The average Bonchev–Trinajstić information content (AvgIpc) is 2.95. The number of carbonyl (C=O) groups excluding carboxylic acids is 3. The monoisotopic (exact) mass is 565 g/mol. The van der Waals surface area contributed by atoms with E-state index in [-0.39, 0.29) is 30.9 Å². The first-order chi connectivity index (χ1) is 19.0. The van der Waals surface area contributed by atoms with Crippen molar-refractivity contribution < 1.29 is 38.4 Å². The van der Waals surface area contributed by atoms with Crippen LogP contribution in [0.5, 0.6) is 0 Å². The largest absolute Gasteiger partial charge is 0.396 e. The molecule has 0 radical (unpaired) electrons. The second kappa shape index (κ2) is 38.4. The molecule has 0 saturated heterocycles. The minimum atomic E-state index is -0.233. The van der Waals surface area contributed by atoms with Crippen molar-refractivity contribution in [1.29, 1.82) is 0 Å². The summed E-state index contributed by atoms with van der Waals surface area (Å²) < 4.78 is 21.0. The molecule has 0 rings (SSSR count). The first kappa shape index (κ1) is 41.7. The Balaban J connectivity index is -0.00000110. The molecule has 0 aromatic carbocycles. The van der Waals surface area contributed by atoms with E-state index in [1.54, 1.807) is 6.92 Å². The molecule has 234 valence electrons. The van der Waals surface area contributed by atoms with Crippen molar-refractivity contribution in [3.63, 3.8) is 0 Å². The Bertz CT molecular complexity index is 519. The number of ether oxygens (including phenoxy) is 4. The van der Waals surface area contributed by atoms with Crippen LogP contribution in [0.3, 0.4) is 0 Å². The van der Waals surface area contributed by atoms with Crippen molar-refractivity contribution in [2.45, 2.75) is 86.0 Å². The molecule has 0 aliphatic rings. The molecule has 0 unspecified atom stereocenters. The number of aliphatic hydroxyl groups excluding tert-OH is 1. The van der Waals surface area contributed by atoms with Crippen LogP contribution in [0.1, 0.15) is 86.0 Å². The van der Waals surface area contributed by atoms with Crippen LogP contribution in [0, 0.1) is 0 Å². The number of rotatable bonds is 25. The predicted molar refractivity (Wildman–Crippen MR) is 155 cm³/mol. The first-order valence-corrected chi connectivity index (χ1v) is 14.7. The van der Waals surface area contributed by atoms with Gasteiger partial charge in [-0.15, -0.1) is 0 Å². The van der Waals surface area contributed by atoms with Crippen LogP contribution in [-0.2, 0) is 33.3 Å². The maximum absolute atomic E-state index is 11.6. The van der Waals surface area contributed by atoms with Crippen molar-refractivity contribution in [1.82, 2.24) is 16.0 Å². The van der Waals surface area contributed by atoms with Gasteiger partial charge in [-0.05, 0) is 12.8 Å². The van der Waals surface area contributed by atoms with Gasteiger partial charge in [-0.1, -0.05) is 66.7 Å². The standard InChI is InChI=1S/C19H37N3O7.C7H16O.C2H6/c1-3-5-6-20-18(24)15-28-13-12-27-10-8-22-19(25)16-29-14-11-26-9-7-21-17(23)4-2;1-2-3-4-5-6-7-8;1-2/h3-16H2,1-2H3,(H,20,24)(H,21,23)(H,22,25);8H,2-7H2,1H3;1-2H3. The lowest BCUT2D eigenvalue weighted by molar-refractivity contribution is -0.127. The van der Waals surface area contributed by atoms with Gasteiger partial charge in [0, 0.05) is 32.7 Å². The third kappa shape index (κ3) is 40.8. The summed E-state index contributed by atoms with van der Waals surface area (Å²) in [4.78, 5) is 33.9. The second-order valence-electron chi connectivity index (χ2n) is 8.22. The van der Waals surface area contributed by atoms with Crippen molar-refractivity contribution in [2.75, 3.05) is 79.1 Å². The molecule has 0 bridgehead atoms. The topological polar surface area (TPSA) is 144 Å². The third-order valence-corrected chi connectivity index (χ3v) is 4.78. The molecule has 39 heavy (non-hydrogen) atoms. The molecule has 0 atom stereocenters. The zero-order valence-corrected chi connectivity index (χ0v) is 25.4. The average molecular weight is 566 g/mol. The SMILES string of the molecule is CC.CCCCCCCO.CCCCNC(=O)COCCOCCNC(=O)COCCOCCNC(=O)CC. The molecule has 0 aromatic rings. The number of hydrogen-bond donors (Lipinski definition) is 4. The Kier molecular flexibility index (Phi) is 41.0. The van der Waals surface area contributed by atoms with Crippen molar-refractivity contribution in [3.8, 4) is 0 Å². The minimum absolute atomic E-state index is 0.0109. The van der Waals surface area contributed by atoms with E-state index in [0.717, 1.165) is 19.3 Å². The number of unbranched alkanes of at least 4 members (excludes halogenated alkanes) is 5. The highest BCUT2D eigenvalue weighted by Gasteiger charge is 2.02. The molecule has 3 amide bonds. The Labute approximate surface area is 237 Å². The van der Waals surface area contributed by atoms with Crippen LogP contribution in [-0.4, -0.2) is 102 Å². The first-order valence-electron chi connectivity index (χ1n) is 14.7. The summed E-state index contributed by atoms with van der Waals surface area (Å²) in [6.07, 6.45) is 8.52. The van der Waals surface area contributed by atoms with Gasteiger partial charge in [-0.3, -0.25) is 14.4 Å². The molecular weight excluding hydrogens is 506 g/mol. The quantitative estimate of drug-likeness (QED) is 0.124. The van der Waals surface area contributed by atoms with E-state index in [1.165, 1.54) is 25.7 Å². The minimum Gasteiger partial charge on any atom is -0.396 e. The van der Waals surface area contributed by atoms with E-state index in [2.05, 4.69) is 29.8 Å². The molecule has 0 saturated carbocycles. The van der Waals surface area contributed by atoms with Gasteiger partial charge in [0.15, 0.2) is 0 Å². The number of carbonyl (C=O) groups is 3. The van der Waals surface area contributed by atoms with E-state index < -0.39 is 0 Å². The van der Waals surface area contributed by atoms with Crippen LogP contribution in [0.25, 0.3) is 0 Å². The fourth-order valence-electron chi connectivity index (χ4n) is 2.64. The molecule has 4 N–H and O–H groups in total. The maximum Gasteiger partial charge on any atom is 0.246 e. The molecule has 0 aliphatic heterocycles. The molecule has 11 nitrogen and oxygen atoms in total. The van der Waals surface area contributed by atoms with Crippen LogP contribution in [0.2, 0.25) is 0 Å². The number of amides is 3. The van der Waals surface area contributed by atoms with E-state index in [1.807, 2.05) is 13.8 Å². The van der Waals surface area contributed by atoms with E-state index in [0.29, 0.717) is 72.3 Å². The van der Waals surface area contributed by atoms with E-state index in [4.69, 9.17) is 24.1 Å². The lowest BCUT2D eigenvalue weighted by atomic mass is 10.2. The van der Waals surface area contributed by atoms with Crippen LogP contribution >= 0.6 is 0 Å². The lowest BCUT2D eigenvalue weighted by Gasteiger charge is -2.08. The Morgan fingerprint density at radius 2 is 0.974 bits per heavy atom. The van der Waals surface area contributed by atoms with Crippen LogP contribution in [0.15, 0.2) is 0 Å². The Hall–Kier alpha value is -1.79. The summed E-state index contributed by atoms with van der Waals surface area (Å²) in [7, 11) is 0. The smallest absolute Gasteiger partial charge is 0.246 e. The summed E-state index contributed by atoms with van der Waals surface area (Å²) >= 11 is 0. The molecular formula is C28H59N3O8. The van der Waals surface area contributed by atoms with Gasteiger partial charge in [0.2, 0.25) is 17.7 Å². The van der Waals surface area contributed by atoms with E-state index in [9.17, 15) is 14.4 Å². The summed E-state index contributed by atoms with van der Waals surface area (Å²) in [6, 6.07) is 0. The molecule has 0 spiro atoms. The Morgan fingerprint density at radius 3 is 1.44 bits per heavy atom. The molecule has 0 heterocycles. The summed E-state index contributed by atoms with van der Waals surface area (Å²) in [5.74, 6) is -0.369. The predicted octanol–water partition coefficient (Wildman–Crippen LogP) is 2.59. The van der Waals surface area contributed by atoms with Gasteiger partial charge in [0.05, 0.1) is 39.6 Å². The fourth-order valence-corrected chi connectivity index (χ4v) is 2.64. The van der Waals surface area contributed by atoms with Gasteiger partial charge >= 0.3 is 0 Å². The highest BCUT2D eigenvalue weighted by Crippen LogP contribution is 2.00. The highest BCUT2D eigenvalue weighted by atomic mass is 16.5. The van der Waals surface area contributed by atoms with Gasteiger partial charge in [-0.25, -0.2) is 0 Å². The van der Waals surface area contributed by atoms with Gasteiger partial charge in [0.25, 0.3) is 0 Å². The van der Waals surface area contributed by atoms with Crippen LogP contribution < -0.4 is 16.0 Å². The zero-order chi connectivity index (χ0) is 29.8. The number of nitrogens with one attached hydrogen (secondary N) is 3. The third-order valence-electron chi connectivity index (χ3n) is 4.78. The number of hydrogen-bond acceptors (Lipinski definition) is 8. The van der Waals surface area contributed by atoms with E-state index >= 15 is 0 Å². The fraction of sp³-hybridized carbons (Fsp3) is 0.893. The summed E-state index contributed by atoms with van der Waals surface area (Å²) in [5, 5.41) is 16.5.